The number of fused-ring (bicyclic) bond motifs is 2. The number of hydrogen-bond donors (Lipinski definition) is 1. The van der Waals surface area contributed by atoms with Crippen molar-refractivity contribution in [2.24, 2.45) is 28.4 Å². The fraction of sp³-hybridized carbons (Fsp3) is 0.950. The van der Waals surface area contributed by atoms with E-state index in [2.05, 4.69) is 25.7 Å². The van der Waals surface area contributed by atoms with Gasteiger partial charge in [0.1, 0.15) is 0 Å². The molecular weight excluding hydrogens is 300 g/mol. The van der Waals surface area contributed by atoms with Gasteiger partial charge in [-0.2, -0.15) is 0 Å². The van der Waals surface area contributed by atoms with E-state index in [-0.39, 0.29) is 28.3 Å². The van der Waals surface area contributed by atoms with E-state index >= 15 is 0 Å². The van der Waals surface area contributed by atoms with Gasteiger partial charge in [-0.05, 0) is 68.9 Å². The van der Waals surface area contributed by atoms with E-state index in [1.807, 2.05) is 6.92 Å². The Morgan fingerprint density at radius 1 is 1.25 bits per heavy atom. The maximum atomic E-state index is 12.9. The molecule has 138 valence electrons. The van der Waals surface area contributed by atoms with Crippen LogP contribution >= 0.6 is 0 Å². The standard InChI is InChI=1S/C20H36N2O2/c1-5-24-17(23)16(14-21)20(22-11-7-6-8-12-22)13-15-9-10-19(20,4)18(15,2)3/h15-16H,5-14,21H2,1-4H3/t15-,16+,19+,20-/m0/s1. The highest BCUT2D eigenvalue weighted by atomic mass is 16.5. The van der Waals surface area contributed by atoms with Gasteiger partial charge in [0.05, 0.1) is 12.5 Å². The van der Waals surface area contributed by atoms with Gasteiger partial charge in [0.15, 0.2) is 0 Å². The first-order chi connectivity index (χ1) is 11.3. The Hall–Kier alpha value is -0.610. The van der Waals surface area contributed by atoms with Crippen molar-refractivity contribution in [1.29, 1.82) is 0 Å². The lowest BCUT2D eigenvalue weighted by Gasteiger charge is -2.58. The maximum Gasteiger partial charge on any atom is 0.312 e. The van der Waals surface area contributed by atoms with Crippen LogP contribution in [0.1, 0.15) is 66.2 Å². The molecule has 3 aliphatic rings. The summed E-state index contributed by atoms with van der Waals surface area (Å²) in [6, 6.07) is 0. The second kappa shape index (κ2) is 6.28. The normalized spacial score (nSPS) is 39.8. The van der Waals surface area contributed by atoms with Crippen molar-refractivity contribution in [3.05, 3.63) is 0 Å². The molecule has 2 N–H and O–H groups in total. The number of piperidine rings is 1. The van der Waals surface area contributed by atoms with Gasteiger partial charge >= 0.3 is 5.97 Å². The van der Waals surface area contributed by atoms with Gasteiger partial charge in [-0.1, -0.05) is 27.2 Å². The summed E-state index contributed by atoms with van der Waals surface area (Å²) in [6.45, 7) is 12.2. The fourth-order valence-corrected chi connectivity index (χ4v) is 6.58. The SMILES string of the molecule is CCOC(=O)[C@@H](CN)[C@@]1(N2CCCCC2)C[C@@H]2CC[C@]1(C)C2(C)C. The van der Waals surface area contributed by atoms with Crippen LogP contribution in [-0.4, -0.2) is 42.6 Å². The van der Waals surface area contributed by atoms with E-state index in [0.717, 1.165) is 19.5 Å². The molecule has 0 spiro atoms. The Labute approximate surface area is 147 Å². The van der Waals surface area contributed by atoms with Gasteiger partial charge in [0, 0.05) is 12.1 Å². The summed E-state index contributed by atoms with van der Waals surface area (Å²) in [5, 5.41) is 0. The van der Waals surface area contributed by atoms with Crippen LogP contribution in [0.5, 0.6) is 0 Å². The van der Waals surface area contributed by atoms with Crippen molar-refractivity contribution >= 4 is 5.97 Å². The lowest BCUT2D eigenvalue weighted by atomic mass is 9.57. The highest BCUT2D eigenvalue weighted by Gasteiger charge is 2.73. The minimum atomic E-state index is -0.204. The number of likely N-dealkylation sites (tertiary alicyclic amines) is 1. The zero-order valence-electron chi connectivity index (χ0n) is 16.1. The van der Waals surface area contributed by atoms with E-state index in [1.165, 1.54) is 32.1 Å². The van der Waals surface area contributed by atoms with Crippen molar-refractivity contribution in [3.8, 4) is 0 Å². The fourth-order valence-electron chi connectivity index (χ4n) is 6.58. The van der Waals surface area contributed by atoms with Gasteiger partial charge in [-0.15, -0.1) is 0 Å². The molecule has 1 heterocycles. The van der Waals surface area contributed by atoms with Crippen molar-refractivity contribution in [1.82, 2.24) is 4.90 Å². The molecule has 4 heteroatoms. The van der Waals surface area contributed by atoms with Crippen LogP contribution in [0.3, 0.4) is 0 Å². The topological polar surface area (TPSA) is 55.6 Å². The number of esters is 1. The first-order valence-corrected chi connectivity index (χ1v) is 9.97. The lowest BCUT2D eigenvalue weighted by Crippen LogP contribution is -2.67. The molecule has 0 aromatic rings. The number of nitrogens with two attached hydrogens (primary N) is 1. The van der Waals surface area contributed by atoms with Gasteiger partial charge in [-0.3, -0.25) is 9.69 Å². The van der Waals surface area contributed by atoms with Crippen LogP contribution in [0.25, 0.3) is 0 Å². The van der Waals surface area contributed by atoms with Crippen molar-refractivity contribution < 1.29 is 9.53 Å². The number of rotatable bonds is 5. The first-order valence-electron chi connectivity index (χ1n) is 9.97. The van der Waals surface area contributed by atoms with E-state index in [9.17, 15) is 4.79 Å². The molecule has 1 saturated heterocycles. The molecule has 0 radical (unpaired) electrons. The third-order valence-electron chi connectivity index (χ3n) is 8.25. The predicted octanol–water partition coefficient (Wildman–Crippen LogP) is 3.20. The second-order valence-electron chi connectivity index (χ2n) is 9.01. The van der Waals surface area contributed by atoms with Crippen LogP contribution in [0.4, 0.5) is 0 Å². The number of carbonyl (C=O) groups excluding carboxylic acids is 1. The molecule has 0 aromatic heterocycles. The summed E-state index contributed by atoms with van der Waals surface area (Å²) in [5.74, 6) is 0.410. The Balaban J connectivity index is 2.07. The molecule has 3 rings (SSSR count). The number of carbonyl (C=O) groups is 1. The van der Waals surface area contributed by atoms with E-state index in [4.69, 9.17) is 10.5 Å². The van der Waals surface area contributed by atoms with Crippen LogP contribution in [-0.2, 0) is 9.53 Å². The molecule has 2 aliphatic carbocycles. The Bertz CT molecular complexity index is 486. The number of ether oxygens (including phenoxy) is 1. The van der Waals surface area contributed by atoms with Crippen molar-refractivity contribution in [3.63, 3.8) is 0 Å². The first kappa shape index (κ1) is 18.2. The van der Waals surface area contributed by atoms with Gasteiger partial charge in [-0.25, -0.2) is 0 Å². The molecule has 4 nitrogen and oxygen atoms in total. The summed E-state index contributed by atoms with van der Waals surface area (Å²) < 4.78 is 5.50. The van der Waals surface area contributed by atoms with Gasteiger partial charge in [0.25, 0.3) is 0 Å². The van der Waals surface area contributed by atoms with Crippen LogP contribution in [0, 0.1) is 22.7 Å². The van der Waals surface area contributed by atoms with Gasteiger partial charge in [0.2, 0.25) is 0 Å². The molecule has 4 atom stereocenters. The minimum absolute atomic E-state index is 0.0739. The average Bonchev–Trinajstić information content (AvgIpc) is 2.89. The van der Waals surface area contributed by atoms with E-state index < -0.39 is 0 Å². The smallest absolute Gasteiger partial charge is 0.312 e. The molecule has 0 amide bonds. The Morgan fingerprint density at radius 3 is 2.38 bits per heavy atom. The zero-order chi connectivity index (χ0) is 17.6. The maximum absolute atomic E-state index is 12.9. The highest BCUT2D eigenvalue weighted by molar-refractivity contribution is 5.75. The molecule has 24 heavy (non-hydrogen) atoms. The van der Waals surface area contributed by atoms with E-state index in [1.54, 1.807) is 0 Å². The van der Waals surface area contributed by atoms with Crippen LogP contribution in [0.2, 0.25) is 0 Å². The number of nitrogens with zero attached hydrogens (tertiary/aromatic N) is 1. The largest absolute Gasteiger partial charge is 0.466 e. The molecule has 3 fully saturated rings. The number of hydrogen-bond acceptors (Lipinski definition) is 4. The summed E-state index contributed by atoms with van der Waals surface area (Å²) in [4.78, 5) is 15.6. The molecule has 1 aliphatic heterocycles. The molecule has 0 aromatic carbocycles. The van der Waals surface area contributed by atoms with Gasteiger partial charge < -0.3 is 10.5 Å². The van der Waals surface area contributed by atoms with E-state index in [0.29, 0.717) is 19.1 Å². The second-order valence-corrected chi connectivity index (χ2v) is 9.01. The molecule has 0 unspecified atom stereocenters. The highest BCUT2D eigenvalue weighted by Crippen LogP contribution is 2.73. The minimum Gasteiger partial charge on any atom is -0.466 e. The van der Waals surface area contributed by atoms with Crippen molar-refractivity contribution in [2.45, 2.75) is 71.8 Å². The summed E-state index contributed by atoms with van der Waals surface area (Å²) >= 11 is 0. The van der Waals surface area contributed by atoms with Crippen molar-refractivity contribution in [2.75, 3.05) is 26.2 Å². The molecular formula is C20H36N2O2. The quantitative estimate of drug-likeness (QED) is 0.783. The molecule has 2 saturated carbocycles. The molecule has 2 bridgehead atoms. The monoisotopic (exact) mass is 336 g/mol. The third-order valence-corrected chi connectivity index (χ3v) is 8.25. The Morgan fingerprint density at radius 2 is 1.92 bits per heavy atom. The summed E-state index contributed by atoms with van der Waals surface area (Å²) in [6.07, 6.45) is 7.39. The Kier molecular flexibility index (Phi) is 4.76. The summed E-state index contributed by atoms with van der Waals surface area (Å²) in [5.41, 5.74) is 6.48. The average molecular weight is 337 g/mol. The van der Waals surface area contributed by atoms with Crippen LogP contribution < -0.4 is 5.73 Å². The van der Waals surface area contributed by atoms with Crippen LogP contribution in [0.15, 0.2) is 0 Å². The zero-order valence-corrected chi connectivity index (χ0v) is 16.1. The summed E-state index contributed by atoms with van der Waals surface area (Å²) in [7, 11) is 0. The third kappa shape index (κ3) is 2.21. The predicted molar refractivity (Wildman–Crippen MR) is 96.6 cm³/mol. The lowest BCUT2D eigenvalue weighted by molar-refractivity contribution is -0.164.